The summed E-state index contributed by atoms with van der Waals surface area (Å²) < 4.78 is 36.8. The SMILES string of the molecule is N#Cc1c(F)cc(Br)cc1NC1CCS(=O)(=O)CC1. The summed E-state index contributed by atoms with van der Waals surface area (Å²) in [7, 11) is -2.93. The molecule has 1 aromatic carbocycles. The molecule has 1 N–H and O–H groups in total. The Balaban J connectivity index is 2.19. The lowest BCUT2D eigenvalue weighted by Crippen LogP contribution is -2.32. The zero-order chi connectivity index (χ0) is 14.0. The quantitative estimate of drug-likeness (QED) is 0.892. The molecule has 1 aliphatic heterocycles. The topological polar surface area (TPSA) is 70.0 Å². The van der Waals surface area contributed by atoms with Crippen molar-refractivity contribution in [2.75, 3.05) is 16.8 Å². The molecule has 0 radical (unpaired) electrons. The van der Waals surface area contributed by atoms with Gasteiger partial charge >= 0.3 is 0 Å². The van der Waals surface area contributed by atoms with Gasteiger partial charge in [-0.3, -0.25) is 0 Å². The third kappa shape index (κ3) is 3.45. The first kappa shape index (κ1) is 14.3. The fourth-order valence-electron chi connectivity index (χ4n) is 2.06. The van der Waals surface area contributed by atoms with Crippen LogP contribution in [-0.2, 0) is 9.84 Å². The summed E-state index contributed by atoms with van der Waals surface area (Å²) in [5.74, 6) is -0.339. The molecule has 1 heterocycles. The van der Waals surface area contributed by atoms with E-state index >= 15 is 0 Å². The summed E-state index contributed by atoms with van der Waals surface area (Å²) in [6.07, 6.45) is 0.947. The first-order valence-electron chi connectivity index (χ1n) is 5.77. The van der Waals surface area contributed by atoms with Crippen molar-refractivity contribution in [2.45, 2.75) is 18.9 Å². The van der Waals surface area contributed by atoms with Crippen molar-refractivity contribution in [1.29, 1.82) is 5.26 Å². The predicted octanol–water partition coefficient (Wildman–Crippen LogP) is 2.45. The highest BCUT2D eigenvalue weighted by molar-refractivity contribution is 9.10. The van der Waals surface area contributed by atoms with Crippen molar-refractivity contribution >= 4 is 31.5 Å². The summed E-state index contributed by atoms with van der Waals surface area (Å²) in [4.78, 5) is 0. The van der Waals surface area contributed by atoms with E-state index in [1.807, 2.05) is 6.07 Å². The average molecular weight is 347 g/mol. The molecule has 2 rings (SSSR count). The Morgan fingerprint density at radius 1 is 1.37 bits per heavy atom. The molecule has 1 saturated heterocycles. The maximum atomic E-state index is 13.6. The van der Waals surface area contributed by atoms with Crippen LogP contribution in [0.3, 0.4) is 0 Å². The van der Waals surface area contributed by atoms with Crippen LogP contribution in [0.4, 0.5) is 10.1 Å². The van der Waals surface area contributed by atoms with Gasteiger partial charge < -0.3 is 5.32 Å². The smallest absolute Gasteiger partial charge is 0.150 e. The van der Waals surface area contributed by atoms with E-state index in [2.05, 4.69) is 21.2 Å². The van der Waals surface area contributed by atoms with Crippen molar-refractivity contribution in [3.05, 3.63) is 28.0 Å². The van der Waals surface area contributed by atoms with Gasteiger partial charge in [0.15, 0.2) is 0 Å². The van der Waals surface area contributed by atoms with E-state index in [0.717, 1.165) is 0 Å². The fraction of sp³-hybridized carbons (Fsp3) is 0.417. The number of halogens is 2. The summed E-state index contributed by atoms with van der Waals surface area (Å²) in [6, 6.07) is 4.63. The van der Waals surface area contributed by atoms with E-state index in [-0.39, 0.29) is 23.1 Å². The zero-order valence-corrected chi connectivity index (χ0v) is 12.4. The van der Waals surface area contributed by atoms with E-state index < -0.39 is 15.7 Å². The minimum atomic E-state index is -2.93. The molecule has 0 bridgehead atoms. The molecule has 102 valence electrons. The van der Waals surface area contributed by atoms with Crippen LogP contribution in [0.2, 0.25) is 0 Å². The molecule has 7 heteroatoms. The molecule has 0 unspecified atom stereocenters. The molecule has 1 aliphatic rings. The number of sulfone groups is 1. The van der Waals surface area contributed by atoms with Gasteiger partial charge in [-0.2, -0.15) is 5.26 Å². The second kappa shape index (κ2) is 5.47. The van der Waals surface area contributed by atoms with Crippen molar-refractivity contribution in [2.24, 2.45) is 0 Å². The lowest BCUT2D eigenvalue weighted by molar-refractivity contribution is 0.559. The highest BCUT2D eigenvalue weighted by atomic mass is 79.9. The molecular weight excluding hydrogens is 335 g/mol. The Kier molecular flexibility index (Phi) is 4.11. The Hall–Kier alpha value is -1.13. The number of nitrogens with zero attached hydrogens (tertiary/aromatic N) is 1. The maximum Gasteiger partial charge on any atom is 0.150 e. The zero-order valence-electron chi connectivity index (χ0n) is 9.99. The van der Waals surface area contributed by atoms with Crippen LogP contribution >= 0.6 is 15.9 Å². The molecule has 0 aromatic heterocycles. The summed E-state index contributed by atoms with van der Waals surface area (Å²) in [5, 5.41) is 12.0. The van der Waals surface area contributed by atoms with Crippen LogP contribution in [0.5, 0.6) is 0 Å². The number of benzene rings is 1. The van der Waals surface area contributed by atoms with E-state index in [9.17, 15) is 12.8 Å². The van der Waals surface area contributed by atoms with E-state index in [4.69, 9.17) is 5.26 Å². The van der Waals surface area contributed by atoms with Crippen LogP contribution < -0.4 is 5.32 Å². The number of rotatable bonds is 2. The summed E-state index contributed by atoms with van der Waals surface area (Å²) in [5.41, 5.74) is 0.357. The van der Waals surface area contributed by atoms with Gasteiger partial charge in [-0.15, -0.1) is 0 Å². The van der Waals surface area contributed by atoms with Gasteiger partial charge in [-0.25, -0.2) is 12.8 Å². The maximum absolute atomic E-state index is 13.6. The van der Waals surface area contributed by atoms with Crippen molar-refractivity contribution in [3.63, 3.8) is 0 Å². The molecule has 0 spiro atoms. The third-order valence-corrected chi connectivity index (χ3v) is 5.25. The fourth-order valence-corrected chi connectivity index (χ4v) is 3.98. The van der Waals surface area contributed by atoms with E-state index in [0.29, 0.717) is 23.0 Å². The standard InChI is InChI=1S/C12H12BrFN2O2S/c13-8-5-11(14)10(7-15)12(6-8)16-9-1-3-19(17,18)4-2-9/h5-6,9,16H,1-4H2. The monoisotopic (exact) mass is 346 g/mol. The molecule has 0 amide bonds. The van der Waals surface area contributed by atoms with E-state index in [1.54, 1.807) is 6.07 Å². The minimum absolute atomic E-state index is 0.0448. The molecule has 0 aliphatic carbocycles. The average Bonchev–Trinajstić information content (AvgIpc) is 2.31. The summed E-state index contributed by atoms with van der Waals surface area (Å²) in [6.45, 7) is 0. The lowest BCUT2D eigenvalue weighted by atomic mass is 10.1. The van der Waals surface area contributed by atoms with Gasteiger partial charge in [0, 0.05) is 10.5 Å². The van der Waals surface area contributed by atoms with Crippen molar-refractivity contribution in [3.8, 4) is 6.07 Å². The number of hydrogen-bond acceptors (Lipinski definition) is 4. The van der Waals surface area contributed by atoms with Gasteiger partial charge in [0.25, 0.3) is 0 Å². The van der Waals surface area contributed by atoms with Gasteiger partial charge in [0.05, 0.1) is 17.2 Å². The first-order valence-corrected chi connectivity index (χ1v) is 8.39. The van der Waals surface area contributed by atoms with Crippen molar-refractivity contribution in [1.82, 2.24) is 0 Å². The Morgan fingerprint density at radius 3 is 2.58 bits per heavy atom. The van der Waals surface area contributed by atoms with Crippen LogP contribution in [0.25, 0.3) is 0 Å². The Bertz CT molecular complexity index is 626. The number of anilines is 1. The predicted molar refractivity (Wildman–Crippen MR) is 74.1 cm³/mol. The number of hydrogen-bond donors (Lipinski definition) is 1. The molecule has 1 fully saturated rings. The van der Waals surface area contributed by atoms with E-state index in [1.165, 1.54) is 6.07 Å². The van der Waals surface area contributed by atoms with Gasteiger partial charge in [0.2, 0.25) is 0 Å². The Morgan fingerprint density at radius 2 is 2.00 bits per heavy atom. The van der Waals surface area contributed by atoms with Crippen molar-refractivity contribution < 1.29 is 12.8 Å². The van der Waals surface area contributed by atoms with Gasteiger partial charge in [-0.1, -0.05) is 15.9 Å². The minimum Gasteiger partial charge on any atom is -0.381 e. The molecule has 1 aromatic rings. The lowest BCUT2D eigenvalue weighted by Gasteiger charge is -2.24. The van der Waals surface area contributed by atoms with Crippen LogP contribution in [-0.4, -0.2) is 26.0 Å². The second-order valence-corrected chi connectivity index (χ2v) is 7.71. The largest absolute Gasteiger partial charge is 0.381 e. The molecular formula is C12H12BrFN2O2S. The first-order chi connectivity index (χ1) is 8.91. The molecule has 19 heavy (non-hydrogen) atoms. The normalized spacial score (nSPS) is 18.8. The molecule has 0 saturated carbocycles. The van der Waals surface area contributed by atoms with Crippen LogP contribution in [0.15, 0.2) is 16.6 Å². The van der Waals surface area contributed by atoms with Gasteiger partial charge in [0.1, 0.15) is 27.3 Å². The number of nitrogens with one attached hydrogen (secondary N) is 1. The molecule has 4 nitrogen and oxygen atoms in total. The van der Waals surface area contributed by atoms with Crippen LogP contribution in [0, 0.1) is 17.1 Å². The third-order valence-electron chi connectivity index (χ3n) is 3.08. The van der Waals surface area contributed by atoms with Gasteiger partial charge in [-0.05, 0) is 25.0 Å². The second-order valence-electron chi connectivity index (χ2n) is 4.49. The summed E-state index contributed by atoms with van der Waals surface area (Å²) >= 11 is 3.17. The highest BCUT2D eigenvalue weighted by Crippen LogP contribution is 2.26. The van der Waals surface area contributed by atoms with Crippen LogP contribution in [0.1, 0.15) is 18.4 Å². The number of nitriles is 1. The highest BCUT2D eigenvalue weighted by Gasteiger charge is 2.24. The molecule has 0 atom stereocenters. The Labute approximate surface area is 119 Å².